The highest BCUT2D eigenvalue weighted by Gasteiger charge is 2.18. The van der Waals surface area contributed by atoms with Crippen molar-refractivity contribution in [2.24, 2.45) is 0 Å². The van der Waals surface area contributed by atoms with Crippen molar-refractivity contribution in [1.82, 2.24) is 15.1 Å². The summed E-state index contributed by atoms with van der Waals surface area (Å²) in [6.45, 7) is 1.62. The number of nitrogens with zero attached hydrogens (tertiary/aromatic N) is 3. The van der Waals surface area contributed by atoms with E-state index in [2.05, 4.69) is 20.4 Å². The molecule has 3 aromatic rings. The molecular weight excluding hydrogens is 381 g/mol. The first-order valence-electron chi connectivity index (χ1n) is 7.29. The number of ether oxygens (including phenoxy) is 1. The van der Waals surface area contributed by atoms with Crippen molar-refractivity contribution in [3.05, 3.63) is 45.9 Å². The number of carbonyl (C=O) groups is 1. The van der Waals surface area contributed by atoms with Crippen LogP contribution >= 0.6 is 23.2 Å². The third-order valence-corrected chi connectivity index (χ3v) is 4.12. The van der Waals surface area contributed by atoms with Crippen LogP contribution in [0, 0.1) is 6.92 Å². The van der Waals surface area contributed by atoms with Crippen molar-refractivity contribution in [3.8, 4) is 17.0 Å². The molecule has 0 aliphatic rings. The standard InChI is InChI=1S/C16H13Cl2N5O3/c1-7-10(5-21-26-7)16(24)23-12-6-20-14(15(19)22-12)9-3-8(17)4-11(25-2)13(9)18/h3-6H,1-2H3,(H3,19,22,23,24). The fourth-order valence-corrected chi connectivity index (χ4v) is 2.74. The predicted molar refractivity (Wildman–Crippen MR) is 97.6 cm³/mol. The molecule has 2 heterocycles. The smallest absolute Gasteiger partial charge is 0.262 e. The summed E-state index contributed by atoms with van der Waals surface area (Å²) in [6, 6.07) is 3.18. The Balaban J connectivity index is 1.93. The highest BCUT2D eigenvalue weighted by atomic mass is 35.5. The van der Waals surface area contributed by atoms with Crippen molar-refractivity contribution in [2.45, 2.75) is 6.92 Å². The quantitative estimate of drug-likeness (QED) is 0.695. The normalized spacial score (nSPS) is 10.6. The van der Waals surface area contributed by atoms with E-state index in [0.29, 0.717) is 32.8 Å². The summed E-state index contributed by atoms with van der Waals surface area (Å²) < 4.78 is 10.0. The predicted octanol–water partition coefficient (Wildman–Crippen LogP) is 3.59. The zero-order valence-corrected chi connectivity index (χ0v) is 15.2. The molecule has 1 aromatic carbocycles. The van der Waals surface area contributed by atoms with Crippen LogP contribution in [0.4, 0.5) is 11.6 Å². The maximum atomic E-state index is 12.2. The van der Waals surface area contributed by atoms with E-state index in [1.165, 1.54) is 19.5 Å². The van der Waals surface area contributed by atoms with Gasteiger partial charge in [-0.05, 0) is 13.0 Å². The fourth-order valence-electron chi connectivity index (χ4n) is 2.26. The third-order valence-electron chi connectivity index (χ3n) is 3.52. The lowest BCUT2D eigenvalue weighted by Gasteiger charge is -2.11. The van der Waals surface area contributed by atoms with Gasteiger partial charge in [0.05, 0.1) is 24.5 Å². The number of nitrogen functional groups attached to an aromatic ring is 1. The number of methoxy groups -OCH3 is 1. The number of aryl methyl sites for hydroxylation is 1. The lowest BCUT2D eigenvalue weighted by Crippen LogP contribution is -2.14. The molecule has 0 radical (unpaired) electrons. The van der Waals surface area contributed by atoms with Gasteiger partial charge in [-0.1, -0.05) is 28.4 Å². The Labute approximate surface area is 158 Å². The Morgan fingerprint density at radius 1 is 1.31 bits per heavy atom. The average molecular weight is 394 g/mol. The third kappa shape index (κ3) is 3.42. The molecule has 134 valence electrons. The van der Waals surface area contributed by atoms with Crippen LogP contribution in [-0.4, -0.2) is 28.1 Å². The maximum Gasteiger partial charge on any atom is 0.262 e. The van der Waals surface area contributed by atoms with Crippen LogP contribution in [0.5, 0.6) is 5.75 Å². The first-order chi connectivity index (χ1) is 12.4. The van der Waals surface area contributed by atoms with Crippen LogP contribution in [0.1, 0.15) is 16.1 Å². The summed E-state index contributed by atoms with van der Waals surface area (Å²) in [5.41, 5.74) is 7.06. The van der Waals surface area contributed by atoms with Crippen LogP contribution in [0.3, 0.4) is 0 Å². The second-order valence-corrected chi connectivity index (χ2v) is 6.02. The molecule has 3 N–H and O–H groups in total. The molecule has 0 saturated heterocycles. The number of benzene rings is 1. The Kier molecular flexibility index (Phi) is 4.97. The molecule has 1 amide bonds. The van der Waals surface area contributed by atoms with Gasteiger partial charge in [0.15, 0.2) is 11.6 Å². The number of nitrogens with one attached hydrogen (secondary N) is 1. The van der Waals surface area contributed by atoms with E-state index in [1.807, 2.05) is 0 Å². The monoisotopic (exact) mass is 393 g/mol. The van der Waals surface area contributed by atoms with Crippen molar-refractivity contribution >= 4 is 40.7 Å². The number of nitrogens with two attached hydrogens (primary N) is 1. The summed E-state index contributed by atoms with van der Waals surface area (Å²) in [7, 11) is 1.47. The minimum atomic E-state index is -0.437. The minimum absolute atomic E-state index is 0.0658. The van der Waals surface area contributed by atoms with Crippen molar-refractivity contribution in [3.63, 3.8) is 0 Å². The minimum Gasteiger partial charge on any atom is -0.495 e. The van der Waals surface area contributed by atoms with Gasteiger partial charge in [-0.2, -0.15) is 0 Å². The Morgan fingerprint density at radius 3 is 2.69 bits per heavy atom. The zero-order valence-electron chi connectivity index (χ0n) is 13.7. The zero-order chi connectivity index (χ0) is 18.8. The first kappa shape index (κ1) is 18.0. The lowest BCUT2D eigenvalue weighted by molar-refractivity contribution is 0.102. The van der Waals surface area contributed by atoms with E-state index in [-0.39, 0.29) is 17.2 Å². The molecular formula is C16H13Cl2N5O3. The van der Waals surface area contributed by atoms with Crippen LogP contribution in [-0.2, 0) is 0 Å². The molecule has 8 nitrogen and oxygen atoms in total. The van der Waals surface area contributed by atoms with Crippen molar-refractivity contribution in [2.75, 3.05) is 18.2 Å². The second-order valence-electron chi connectivity index (χ2n) is 5.21. The molecule has 0 saturated carbocycles. The summed E-state index contributed by atoms with van der Waals surface area (Å²) in [4.78, 5) is 20.6. The van der Waals surface area contributed by atoms with Gasteiger partial charge in [-0.25, -0.2) is 9.97 Å². The van der Waals surface area contributed by atoms with E-state index in [0.717, 1.165) is 0 Å². The molecule has 0 bridgehead atoms. The molecule has 3 rings (SSSR count). The first-order valence-corrected chi connectivity index (χ1v) is 8.05. The summed E-state index contributed by atoms with van der Waals surface area (Å²) in [5.74, 6) is 0.569. The lowest BCUT2D eigenvalue weighted by atomic mass is 10.1. The molecule has 2 aromatic heterocycles. The van der Waals surface area contributed by atoms with Crippen molar-refractivity contribution < 1.29 is 14.1 Å². The van der Waals surface area contributed by atoms with E-state index in [4.69, 9.17) is 38.2 Å². The molecule has 0 unspecified atom stereocenters. The maximum absolute atomic E-state index is 12.2. The number of anilines is 2. The number of carbonyl (C=O) groups excluding carboxylic acids is 1. The molecule has 0 aliphatic heterocycles. The van der Waals surface area contributed by atoms with Gasteiger partial charge in [0.25, 0.3) is 5.91 Å². The van der Waals surface area contributed by atoms with Crippen LogP contribution in [0.2, 0.25) is 10.0 Å². The van der Waals surface area contributed by atoms with Gasteiger partial charge in [-0.3, -0.25) is 4.79 Å². The Bertz CT molecular complexity index is 990. The number of hydrogen-bond donors (Lipinski definition) is 2. The molecule has 0 aliphatic carbocycles. The van der Waals surface area contributed by atoms with E-state index in [1.54, 1.807) is 19.1 Å². The van der Waals surface area contributed by atoms with Gasteiger partial charge < -0.3 is 20.3 Å². The molecule has 0 fully saturated rings. The molecule has 0 spiro atoms. The Morgan fingerprint density at radius 2 is 2.08 bits per heavy atom. The molecule has 10 heteroatoms. The SMILES string of the molecule is COc1cc(Cl)cc(-c2ncc(NC(=O)c3cnoc3C)nc2N)c1Cl. The molecule has 0 atom stereocenters. The Hall–Kier alpha value is -2.84. The number of halogens is 2. The number of rotatable bonds is 4. The van der Waals surface area contributed by atoms with Crippen LogP contribution in [0.15, 0.2) is 29.0 Å². The topological polar surface area (TPSA) is 116 Å². The fraction of sp³-hybridized carbons (Fsp3) is 0.125. The van der Waals surface area contributed by atoms with Gasteiger partial charge in [0.1, 0.15) is 22.8 Å². The summed E-state index contributed by atoms with van der Waals surface area (Å²) >= 11 is 12.4. The largest absolute Gasteiger partial charge is 0.495 e. The van der Waals surface area contributed by atoms with E-state index in [9.17, 15) is 4.79 Å². The van der Waals surface area contributed by atoms with E-state index >= 15 is 0 Å². The summed E-state index contributed by atoms with van der Waals surface area (Å²) in [5, 5.41) is 6.84. The van der Waals surface area contributed by atoms with Crippen molar-refractivity contribution in [1.29, 1.82) is 0 Å². The van der Waals surface area contributed by atoms with Gasteiger partial charge in [0.2, 0.25) is 0 Å². The average Bonchev–Trinajstić information content (AvgIpc) is 3.03. The van der Waals surface area contributed by atoms with Gasteiger partial charge in [-0.15, -0.1) is 0 Å². The second kappa shape index (κ2) is 7.19. The highest BCUT2D eigenvalue weighted by Crippen LogP contribution is 2.39. The number of aromatic nitrogens is 3. The number of hydrogen-bond acceptors (Lipinski definition) is 7. The number of amides is 1. The van der Waals surface area contributed by atoms with Crippen LogP contribution in [0.25, 0.3) is 11.3 Å². The summed E-state index contributed by atoms with van der Waals surface area (Å²) in [6.07, 6.45) is 2.67. The van der Waals surface area contributed by atoms with Crippen LogP contribution < -0.4 is 15.8 Å². The van der Waals surface area contributed by atoms with Gasteiger partial charge in [0, 0.05) is 16.7 Å². The molecule has 26 heavy (non-hydrogen) atoms. The highest BCUT2D eigenvalue weighted by molar-refractivity contribution is 6.36. The van der Waals surface area contributed by atoms with E-state index < -0.39 is 5.91 Å². The van der Waals surface area contributed by atoms with Gasteiger partial charge >= 0.3 is 0 Å².